The largest absolute Gasteiger partial charge is 0.493 e. The molecule has 20 heavy (non-hydrogen) atoms. The van der Waals surface area contributed by atoms with Gasteiger partial charge in [-0.05, 0) is 30.7 Å². The fraction of sp³-hybridized carbons (Fsp3) is 0.625. The van der Waals surface area contributed by atoms with Crippen molar-refractivity contribution in [2.24, 2.45) is 5.92 Å². The maximum absolute atomic E-state index is 5.38. The first-order chi connectivity index (χ1) is 9.53. The summed E-state index contributed by atoms with van der Waals surface area (Å²) in [6.07, 6.45) is 0. The molecule has 4 heteroatoms. The molecule has 0 heterocycles. The van der Waals surface area contributed by atoms with Gasteiger partial charge in [0.1, 0.15) is 0 Å². The number of nitrogens with one attached hydrogen (secondary N) is 1. The van der Waals surface area contributed by atoms with Gasteiger partial charge in [-0.1, -0.05) is 26.8 Å². The van der Waals surface area contributed by atoms with E-state index in [-0.39, 0.29) is 0 Å². The highest BCUT2D eigenvalue weighted by atomic mass is 32.2. The molecule has 0 saturated heterocycles. The summed E-state index contributed by atoms with van der Waals surface area (Å²) >= 11 is 2.00. The van der Waals surface area contributed by atoms with Crippen molar-refractivity contribution in [3.63, 3.8) is 0 Å². The second-order valence-corrected chi connectivity index (χ2v) is 6.65. The quantitative estimate of drug-likeness (QED) is 0.792. The summed E-state index contributed by atoms with van der Waals surface area (Å²) in [5.41, 5.74) is 1.23. The molecule has 3 nitrogen and oxygen atoms in total. The first-order valence-electron chi connectivity index (χ1n) is 7.04. The van der Waals surface area contributed by atoms with Crippen molar-refractivity contribution in [2.45, 2.75) is 32.1 Å². The van der Waals surface area contributed by atoms with E-state index in [9.17, 15) is 0 Å². The first-order valence-corrected chi connectivity index (χ1v) is 8.09. The molecule has 0 bridgehead atoms. The highest BCUT2D eigenvalue weighted by Crippen LogP contribution is 2.32. The lowest BCUT2D eigenvalue weighted by Crippen LogP contribution is -2.20. The highest BCUT2D eigenvalue weighted by molar-refractivity contribution is 7.99. The molecule has 114 valence electrons. The number of hydrogen-bond acceptors (Lipinski definition) is 4. The molecule has 2 unspecified atom stereocenters. The number of thioether (sulfide) groups is 1. The van der Waals surface area contributed by atoms with Crippen LogP contribution in [-0.2, 0) is 0 Å². The summed E-state index contributed by atoms with van der Waals surface area (Å²) < 4.78 is 10.7. The summed E-state index contributed by atoms with van der Waals surface area (Å²) in [7, 11) is 5.33. The number of rotatable bonds is 8. The Bertz CT molecular complexity index is 409. The molecule has 1 aromatic carbocycles. The number of methoxy groups -OCH3 is 2. The predicted octanol–water partition coefficient (Wildman–Crippen LogP) is 3.74. The lowest BCUT2D eigenvalue weighted by molar-refractivity contribution is 0.354. The van der Waals surface area contributed by atoms with Gasteiger partial charge in [-0.25, -0.2) is 0 Å². The molecular formula is C16H27NO2S. The Morgan fingerprint density at radius 3 is 2.25 bits per heavy atom. The summed E-state index contributed by atoms with van der Waals surface area (Å²) in [6.45, 7) is 6.82. The SMILES string of the molecule is CNC(CSC(C)C(C)C)c1ccc(OC)c(OC)c1. The van der Waals surface area contributed by atoms with E-state index in [0.29, 0.717) is 17.2 Å². The van der Waals surface area contributed by atoms with Gasteiger partial charge >= 0.3 is 0 Å². The van der Waals surface area contributed by atoms with Crippen LogP contribution in [0.2, 0.25) is 0 Å². The molecule has 1 N–H and O–H groups in total. The number of benzene rings is 1. The van der Waals surface area contributed by atoms with Gasteiger partial charge in [0.15, 0.2) is 11.5 Å². The van der Waals surface area contributed by atoms with Gasteiger partial charge in [0.25, 0.3) is 0 Å². The molecule has 0 aliphatic carbocycles. The second kappa shape index (κ2) is 8.42. The monoisotopic (exact) mass is 297 g/mol. The Hall–Kier alpha value is -0.870. The second-order valence-electron chi connectivity index (χ2n) is 5.24. The number of ether oxygens (including phenoxy) is 2. The minimum atomic E-state index is 0.320. The zero-order valence-corrected chi connectivity index (χ0v) is 14.2. The Balaban J connectivity index is 2.79. The molecule has 0 fully saturated rings. The molecule has 2 atom stereocenters. The van der Waals surface area contributed by atoms with E-state index in [0.717, 1.165) is 17.3 Å². The van der Waals surface area contributed by atoms with Crippen molar-refractivity contribution < 1.29 is 9.47 Å². The maximum Gasteiger partial charge on any atom is 0.161 e. The summed E-state index contributed by atoms with van der Waals surface area (Å²) in [5, 5.41) is 4.04. The Kier molecular flexibility index (Phi) is 7.24. The van der Waals surface area contributed by atoms with Crippen molar-refractivity contribution in [1.82, 2.24) is 5.32 Å². The van der Waals surface area contributed by atoms with Gasteiger partial charge < -0.3 is 14.8 Å². The molecule has 0 radical (unpaired) electrons. The lowest BCUT2D eigenvalue weighted by atomic mass is 10.1. The standard InChI is InChI=1S/C16H27NO2S/c1-11(2)12(3)20-10-14(17-4)13-7-8-15(18-5)16(9-13)19-6/h7-9,11-12,14,17H,10H2,1-6H3. The molecule has 1 aromatic rings. The van der Waals surface area contributed by atoms with E-state index in [1.165, 1.54) is 5.56 Å². The van der Waals surface area contributed by atoms with Crippen LogP contribution in [0.5, 0.6) is 11.5 Å². The van der Waals surface area contributed by atoms with E-state index in [2.05, 4.69) is 38.2 Å². The van der Waals surface area contributed by atoms with Gasteiger partial charge in [-0.15, -0.1) is 0 Å². The van der Waals surface area contributed by atoms with Crippen LogP contribution >= 0.6 is 11.8 Å². The van der Waals surface area contributed by atoms with Crippen LogP contribution in [0.25, 0.3) is 0 Å². The predicted molar refractivity (Wildman–Crippen MR) is 88.1 cm³/mol. The van der Waals surface area contributed by atoms with Gasteiger partial charge in [0.05, 0.1) is 14.2 Å². The topological polar surface area (TPSA) is 30.5 Å². The highest BCUT2D eigenvalue weighted by Gasteiger charge is 2.15. The summed E-state index contributed by atoms with van der Waals surface area (Å²) in [6, 6.07) is 6.44. The van der Waals surface area contributed by atoms with Crippen LogP contribution in [0.4, 0.5) is 0 Å². The van der Waals surface area contributed by atoms with E-state index < -0.39 is 0 Å². The van der Waals surface area contributed by atoms with Crippen molar-refractivity contribution >= 4 is 11.8 Å². The molecule has 0 aromatic heterocycles. The van der Waals surface area contributed by atoms with Crippen LogP contribution in [0.1, 0.15) is 32.4 Å². The summed E-state index contributed by atoms with van der Waals surface area (Å²) in [5.74, 6) is 3.30. The van der Waals surface area contributed by atoms with E-state index >= 15 is 0 Å². The Morgan fingerprint density at radius 2 is 1.75 bits per heavy atom. The zero-order valence-electron chi connectivity index (χ0n) is 13.4. The van der Waals surface area contributed by atoms with Gasteiger partial charge in [-0.3, -0.25) is 0 Å². The third-order valence-corrected chi connectivity index (χ3v) is 5.22. The fourth-order valence-electron chi connectivity index (χ4n) is 1.86. The molecular weight excluding hydrogens is 270 g/mol. The summed E-state index contributed by atoms with van der Waals surface area (Å²) in [4.78, 5) is 0. The van der Waals surface area contributed by atoms with Crippen molar-refractivity contribution in [3.05, 3.63) is 23.8 Å². The van der Waals surface area contributed by atoms with Crippen LogP contribution < -0.4 is 14.8 Å². The maximum atomic E-state index is 5.38. The molecule has 0 amide bonds. The average molecular weight is 297 g/mol. The van der Waals surface area contributed by atoms with E-state index in [1.54, 1.807) is 14.2 Å². The van der Waals surface area contributed by atoms with Crippen molar-refractivity contribution in [3.8, 4) is 11.5 Å². The molecule has 0 spiro atoms. The first kappa shape index (κ1) is 17.2. The third kappa shape index (κ3) is 4.60. The zero-order chi connectivity index (χ0) is 15.1. The minimum Gasteiger partial charge on any atom is -0.493 e. The Labute approximate surface area is 127 Å². The smallest absolute Gasteiger partial charge is 0.161 e. The minimum absolute atomic E-state index is 0.320. The molecule has 0 saturated carbocycles. The van der Waals surface area contributed by atoms with Crippen LogP contribution in [0, 0.1) is 5.92 Å². The van der Waals surface area contributed by atoms with Crippen LogP contribution in [-0.4, -0.2) is 32.3 Å². The lowest BCUT2D eigenvalue weighted by Gasteiger charge is -2.21. The van der Waals surface area contributed by atoms with Crippen LogP contribution in [0.3, 0.4) is 0 Å². The Morgan fingerprint density at radius 1 is 1.10 bits per heavy atom. The van der Waals surface area contributed by atoms with E-state index in [4.69, 9.17) is 9.47 Å². The fourth-order valence-corrected chi connectivity index (χ4v) is 3.10. The third-order valence-electron chi connectivity index (χ3n) is 3.62. The van der Waals surface area contributed by atoms with Gasteiger partial charge in [0, 0.05) is 17.0 Å². The average Bonchev–Trinajstić information content (AvgIpc) is 2.47. The molecule has 1 rings (SSSR count). The normalized spacial score (nSPS) is 14.2. The molecule has 0 aliphatic heterocycles. The van der Waals surface area contributed by atoms with Gasteiger partial charge in [-0.2, -0.15) is 11.8 Å². The van der Waals surface area contributed by atoms with Crippen molar-refractivity contribution in [1.29, 1.82) is 0 Å². The van der Waals surface area contributed by atoms with Crippen molar-refractivity contribution in [2.75, 3.05) is 27.0 Å². The molecule has 0 aliphatic rings. The number of hydrogen-bond donors (Lipinski definition) is 1. The van der Waals surface area contributed by atoms with Crippen LogP contribution in [0.15, 0.2) is 18.2 Å². The van der Waals surface area contributed by atoms with Gasteiger partial charge in [0.2, 0.25) is 0 Å². The van der Waals surface area contributed by atoms with E-state index in [1.807, 2.05) is 24.9 Å².